The second-order valence-electron chi connectivity index (χ2n) is 0. The van der Waals surface area contributed by atoms with E-state index in [1.807, 2.05) is 0 Å². The van der Waals surface area contributed by atoms with Gasteiger partial charge < -0.3 is 21.9 Å². The largest absolute Gasteiger partial charge is 0.412 e. The molecule has 0 aromatic carbocycles. The van der Waals surface area contributed by atoms with Gasteiger partial charge in [-0.15, -0.1) is 0 Å². The summed E-state index contributed by atoms with van der Waals surface area (Å²) in [4.78, 5) is 0. The van der Waals surface area contributed by atoms with E-state index in [1.54, 1.807) is 0 Å². The molecule has 0 aliphatic heterocycles. The second-order valence-corrected chi connectivity index (χ2v) is 0. The van der Waals surface area contributed by atoms with Crippen LogP contribution in [0.15, 0.2) is 0 Å². The molecule has 0 aliphatic carbocycles. The van der Waals surface area contributed by atoms with Crippen LogP contribution in [0, 0.1) is 0 Å². The minimum atomic E-state index is 0. The minimum absolute atomic E-state index is 0. The fourth-order valence-corrected chi connectivity index (χ4v) is 0. The molecule has 0 atom stereocenters. The van der Waals surface area contributed by atoms with Gasteiger partial charge in [-0.1, -0.05) is 0 Å². The van der Waals surface area contributed by atoms with Crippen LogP contribution in [0.5, 0.6) is 0 Å². The van der Waals surface area contributed by atoms with E-state index in [2.05, 4.69) is 11.7 Å². The van der Waals surface area contributed by atoms with Crippen LogP contribution in [0.2, 0.25) is 0 Å². The highest BCUT2D eigenvalue weighted by atomic mass is 16.0. The lowest BCUT2D eigenvalue weighted by Gasteiger charge is -1.27. The van der Waals surface area contributed by atoms with Gasteiger partial charge in [0.1, 0.15) is 0 Å². The summed E-state index contributed by atoms with van der Waals surface area (Å²) in [6.45, 7) is 0. The Morgan fingerprint density at radius 2 is 0.500 bits per heavy atom. The lowest BCUT2D eigenvalue weighted by Crippen LogP contribution is -2.02. The van der Waals surface area contributed by atoms with Crippen molar-refractivity contribution in [2.75, 3.05) is 0 Å². The average Bonchev–Trinajstić information content (AvgIpc) is 1.00. The molecule has 6 heteroatoms. The predicted octanol–water partition coefficient (Wildman–Crippen LogP) is -4.48. The molecule has 0 heterocycles. The third-order valence-corrected chi connectivity index (χ3v) is 0. The van der Waals surface area contributed by atoms with Crippen molar-refractivity contribution in [3.8, 4) is 0 Å². The minimum Gasteiger partial charge on any atom is -0.412 e. The summed E-state index contributed by atoms with van der Waals surface area (Å²) in [5.74, 6) is 8.00. The Morgan fingerprint density at radius 3 is 0.500 bits per heavy atom. The fourth-order valence-electron chi connectivity index (χ4n) is 0. The summed E-state index contributed by atoms with van der Waals surface area (Å²) in [6, 6.07) is 0. The van der Waals surface area contributed by atoms with Gasteiger partial charge in [0.05, 0.1) is 0 Å². The van der Waals surface area contributed by atoms with Crippen LogP contribution in [0.1, 0.15) is 0 Å². The highest BCUT2D eigenvalue weighted by Crippen LogP contribution is -0.0190. The SMILES string of the molecule is NN.O.O.O.O. The van der Waals surface area contributed by atoms with E-state index in [0.717, 1.165) is 0 Å². The molecule has 0 saturated carbocycles. The number of hydrogen-bond donors (Lipinski definition) is 2. The van der Waals surface area contributed by atoms with E-state index in [-0.39, 0.29) is 21.9 Å². The zero-order chi connectivity index (χ0) is 2.00. The van der Waals surface area contributed by atoms with Crippen molar-refractivity contribution in [1.29, 1.82) is 0 Å². The van der Waals surface area contributed by atoms with Gasteiger partial charge in [-0.25, -0.2) is 0 Å². The zero-order valence-corrected chi connectivity index (χ0v) is 3.15. The van der Waals surface area contributed by atoms with Gasteiger partial charge in [0.2, 0.25) is 0 Å². The fraction of sp³-hybridized carbons (Fsp3) is 0. The molecule has 46 valence electrons. The van der Waals surface area contributed by atoms with Gasteiger partial charge in [0.15, 0.2) is 0 Å². The Morgan fingerprint density at radius 1 is 0.500 bits per heavy atom. The smallest absolute Gasteiger partial charge is 0.274 e. The maximum Gasteiger partial charge on any atom is -0.274 e. The first-order valence-electron chi connectivity index (χ1n) is 0.333. The number of rotatable bonds is 0. The molecular formula is H12N2O4. The van der Waals surface area contributed by atoms with E-state index in [0.29, 0.717) is 0 Å². The summed E-state index contributed by atoms with van der Waals surface area (Å²) in [5.41, 5.74) is 0. The molecule has 0 amide bonds. The van der Waals surface area contributed by atoms with Gasteiger partial charge >= 0.3 is 0 Å². The maximum absolute atomic E-state index is 4.00. The molecule has 0 aromatic rings. The van der Waals surface area contributed by atoms with Crippen LogP contribution in [-0.4, -0.2) is 21.9 Å². The quantitative estimate of drug-likeness (QED) is 0.232. The normalized spacial score (nSPS) is 1.00. The lowest BCUT2D eigenvalue weighted by atomic mass is 13.0. The van der Waals surface area contributed by atoms with Crippen LogP contribution in [0.3, 0.4) is 0 Å². The molecule has 0 saturated heterocycles. The first-order chi connectivity index (χ1) is 1.00. The molecule has 0 radical (unpaired) electrons. The maximum atomic E-state index is 4.00. The number of hydrogen-bond acceptors (Lipinski definition) is 2. The van der Waals surface area contributed by atoms with E-state index in [1.165, 1.54) is 0 Å². The zero-order valence-electron chi connectivity index (χ0n) is 3.15. The van der Waals surface area contributed by atoms with Gasteiger partial charge in [-0.05, 0) is 0 Å². The highest BCUT2D eigenvalue weighted by Gasteiger charge is 0.726. The van der Waals surface area contributed by atoms with Gasteiger partial charge in [-0.2, -0.15) is 0 Å². The molecule has 0 rings (SSSR count). The predicted molar refractivity (Wildman–Crippen MR) is 22.8 cm³/mol. The van der Waals surface area contributed by atoms with Gasteiger partial charge in [0.25, 0.3) is 0 Å². The van der Waals surface area contributed by atoms with Crippen molar-refractivity contribution in [2.24, 2.45) is 11.7 Å². The molecule has 0 fully saturated rings. The number of hydrazine groups is 1. The summed E-state index contributed by atoms with van der Waals surface area (Å²) in [6.07, 6.45) is 0. The molecule has 12 N–H and O–H groups in total. The standard InChI is InChI=1S/H4N2.4H2O/c1-2;;;;/h1-2H2;4*1H2. The van der Waals surface area contributed by atoms with Crippen LogP contribution in [0.4, 0.5) is 0 Å². The van der Waals surface area contributed by atoms with Gasteiger partial charge in [-0.3, -0.25) is 11.7 Å². The van der Waals surface area contributed by atoms with Crippen LogP contribution < -0.4 is 11.7 Å². The van der Waals surface area contributed by atoms with E-state index in [4.69, 9.17) is 0 Å². The molecule has 0 unspecified atom stereocenters. The summed E-state index contributed by atoms with van der Waals surface area (Å²) in [7, 11) is 0. The molecular weight excluding hydrogens is 92.0 g/mol. The van der Waals surface area contributed by atoms with Crippen molar-refractivity contribution in [3.05, 3.63) is 0 Å². The Hall–Kier alpha value is -0.240. The first-order valence-corrected chi connectivity index (χ1v) is 0.333. The first kappa shape index (κ1) is 226. The molecule has 0 bridgehead atoms. The molecule has 6 heavy (non-hydrogen) atoms. The molecule has 0 aromatic heterocycles. The number of nitrogens with two attached hydrogens (primary N) is 2. The van der Waals surface area contributed by atoms with E-state index < -0.39 is 0 Å². The Bertz CT molecular complexity index is 5.51. The van der Waals surface area contributed by atoms with E-state index >= 15 is 0 Å². The monoisotopic (exact) mass is 104 g/mol. The average molecular weight is 104 g/mol. The molecule has 6 nitrogen and oxygen atoms in total. The van der Waals surface area contributed by atoms with Crippen molar-refractivity contribution in [2.45, 2.75) is 0 Å². The highest BCUT2D eigenvalue weighted by molar-refractivity contribution is 3.26. The Labute approximate surface area is 34.9 Å². The summed E-state index contributed by atoms with van der Waals surface area (Å²) in [5, 5.41) is 0. The van der Waals surface area contributed by atoms with Crippen molar-refractivity contribution < 1.29 is 21.9 Å². The van der Waals surface area contributed by atoms with Crippen LogP contribution in [0.25, 0.3) is 0 Å². The Kier molecular flexibility index (Phi) is 44000. The van der Waals surface area contributed by atoms with Crippen molar-refractivity contribution in [3.63, 3.8) is 0 Å². The summed E-state index contributed by atoms with van der Waals surface area (Å²) >= 11 is 0. The third-order valence-electron chi connectivity index (χ3n) is 0. The van der Waals surface area contributed by atoms with Crippen molar-refractivity contribution >= 4 is 0 Å². The van der Waals surface area contributed by atoms with Gasteiger partial charge in [0, 0.05) is 0 Å². The summed E-state index contributed by atoms with van der Waals surface area (Å²) < 4.78 is 0. The van der Waals surface area contributed by atoms with Crippen LogP contribution >= 0.6 is 0 Å². The lowest BCUT2D eigenvalue weighted by molar-refractivity contribution is 0.823. The van der Waals surface area contributed by atoms with Crippen molar-refractivity contribution in [1.82, 2.24) is 0 Å². The molecule has 0 aliphatic rings. The Balaban J connectivity index is -0.000000000833. The molecule has 0 spiro atoms. The van der Waals surface area contributed by atoms with E-state index in [9.17, 15) is 0 Å². The van der Waals surface area contributed by atoms with Crippen LogP contribution in [-0.2, 0) is 0 Å². The topological polar surface area (TPSA) is 178 Å². The third kappa shape index (κ3) is 497. The second kappa shape index (κ2) is 1170.